The first-order chi connectivity index (χ1) is 14.0. The minimum atomic E-state index is -1.02. The van der Waals surface area contributed by atoms with Crippen LogP contribution in [0.1, 0.15) is 91.9 Å². The molecule has 0 aromatic carbocycles. The van der Waals surface area contributed by atoms with Crippen LogP contribution in [0.2, 0.25) is 0 Å². The summed E-state index contributed by atoms with van der Waals surface area (Å²) >= 11 is 0. The molecule has 3 N–H and O–H groups in total. The number of hydrogen-bond donors (Lipinski definition) is 3. The molecular formula is C27H44O3. The zero-order valence-electron chi connectivity index (χ0n) is 19.7. The Kier molecular flexibility index (Phi) is 7.37. The van der Waals surface area contributed by atoms with Gasteiger partial charge in [0, 0.05) is 0 Å². The fourth-order valence-corrected chi connectivity index (χ4v) is 6.58. The average Bonchev–Trinajstić information content (AvgIpc) is 3.03. The summed E-state index contributed by atoms with van der Waals surface area (Å²) < 4.78 is 0. The second kappa shape index (κ2) is 9.30. The fourth-order valence-electron chi connectivity index (χ4n) is 6.58. The van der Waals surface area contributed by atoms with E-state index in [2.05, 4.69) is 32.6 Å². The third-order valence-electron chi connectivity index (χ3n) is 8.62. The predicted molar refractivity (Wildman–Crippen MR) is 124 cm³/mol. The molecule has 6 atom stereocenters. The molecule has 170 valence electrons. The van der Waals surface area contributed by atoms with Crippen LogP contribution in [0.25, 0.3) is 0 Å². The molecule has 0 radical (unpaired) electrons. The van der Waals surface area contributed by atoms with Gasteiger partial charge in [-0.1, -0.05) is 43.7 Å². The number of allylic oxidation sites excluding steroid dienone is 4. The maximum Gasteiger partial charge on any atom is 0.0849 e. The van der Waals surface area contributed by atoms with E-state index in [9.17, 15) is 15.3 Å². The van der Waals surface area contributed by atoms with E-state index in [-0.39, 0.29) is 6.10 Å². The largest absolute Gasteiger partial charge is 0.393 e. The lowest BCUT2D eigenvalue weighted by atomic mass is 9.60. The molecule has 0 bridgehead atoms. The molecule has 30 heavy (non-hydrogen) atoms. The van der Waals surface area contributed by atoms with Crippen molar-refractivity contribution < 1.29 is 15.3 Å². The summed E-state index contributed by atoms with van der Waals surface area (Å²) in [5, 5.41) is 30.3. The SMILES string of the molecule is C=C1CC[C@H](O)C/C1=C/C=C1\CCC[C@]2(C)[C@@H]([C@H](C)CC[C@@H](O)C(C)(C)O)CC[C@@H]12. The Hall–Kier alpha value is -0.900. The van der Waals surface area contributed by atoms with E-state index in [4.69, 9.17) is 0 Å². The minimum Gasteiger partial charge on any atom is -0.393 e. The Morgan fingerprint density at radius 2 is 1.90 bits per heavy atom. The highest BCUT2D eigenvalue weighted by atomic mass is 16.3. The fraction of sp³-hybridized carbons (Fsp3) is 0.778. The molecule has 3 saturated carbocycles. The van der Waals surface area contributed by atoms with Gasteiger partial charge in [0.1, 0.15) is 0 Å². The van der Waals surface area contributed by atoms with Gasteiger partial charge in [0.15, 0.2) is 0 Å². The van der Waals surface area contributed by atoms with E-state index in [1.165, 1.54) is 43.3 Å². The standard InChI is InChI=1S/C27H44O3/c1-18-8-12-22(28)17-21(18)11-10-20-7-6-16-27(5)23(13-14-24(20)27)19(2)9-15-25(29)26(3,4)30/h10-11,19,22-25,28-30H,1,6-9,12-17H2,2-5H3/b20-10+,21-11-/t19-,22+,23-,24+,25-,27-/m1/s1. The molecule has 3 heteroatoms. The van der Waals surface area contributed by atoms with Crippen molar-refractivity contribution in [2.24, 2.45) is 23.2 Å². The first-order valence-corrected chi connectivity index (χ1v) is 12.2. The van der Waals surface area contributed by atoms with Gasteiger partial charge in [0.25, 0.3) is 0 Å². The van der Waals surface area contributed by atoms with Crippen LogP contribution in [-0.2, 0) is 0 Å². The highest BCUT2D eigenvalue weighted by Gasteiger charge is 2.50. The maximum atomic E-state index is 10.3. The molecule has 3 nitrogen and oxygen atoms in total. The second-order valence-electron chi connectivity index (χ2n) is 11.3. The highest BCUT2D eigenvalue weighted by molar-refractivity contribution is 5.36. The van der Waals surface area contributed by atoms with Crippen LogP contribution in [0.3, 0.4) is 0 Å². The van der Waals surface area contributed by atoms with Crippen molar-refractivity contribution in [3.8, 4) is 0 Å². The Balaban J connectivity index is 1.69. The third kappa shape index (κ3) is 5.11. The lowest BCUT2D eigenvalue weighted by molar-refractivity contribution is -0.0554. The van der Waals surface area contributed by atoms with E-state index >= 15 is 0 Å². The van der Waals surface area contributed by atoms with Crippen molar-refractivity contribution in [3.05, 3.63) is 35.5 Å². The van der Waals surface area contributed by atoms with Gasteiger partial charge in [0.2, 0.25) is 0 Å². The van der Waals surface area contributed by atoms with Crippen LogP contribution in [-0.4, -0.2) is 33.1 Å². The molecule has 3 rings (SSSR count). The molecular weight excluding hydrogens is 372 g/mol. The highest BCUT2D eigenvalue weighted by Crippen LogP contribution is 2.60. The average molecular weight is 417 g/mol. The summed E-state index contributed by atoms with van der Waals surface area (Å²) in [6.45, 7) is 12.5. The van der Waals surface area contributed by atoms with Crippen LogP contribution in [0, 0.1) is 23.2 Å². The van der Waals surface area contributed by atoms with E-state index in [1.54, 1.807) is 19.4 Å². The van der Waals surface area contributed by atoms with E-state index in [0.717, 1.165) is 25.7 Å². The Morgan fingerprint density at radius 3 is 2.60 bits per heavy atom. The molecule has 0 saturated heterocycles. The van der Waals surface area contributed by atoms with Gasteiger partial charge in [0.05, 0.1) is 17.8 Å². The minimum absolute atomic E-state index is 0.215. The smallest absolute Gasteiger partial charge is 0.0849 e. The number of aliphatic hydroxyl groups excluding tert-OH is 2. The van der Waals surface area contributed by atoms with E-state index < -0.39 is 11.7 Å². The first kappa shape index (κ1) is 23.8. The summed E-state index contributed by atoms with van der Waals surface area (Å²) in [6.07, 6.45) is 14.1. The van der Waals surface area contributed by atoms with Gasteiger partial charge in [-0.15, -0.1) is 0 Å². The molecule has 3 aliphatic rings. The van der Waals surface area contributed by atoms with Crippen LogP contribution >= 0.6 is 0 Å². The molecule has 0 unspecified atom stereocenters. The number of hydrogen-bond acceptors (Lipinski definition) is 3. The van der Waals surface area contributed by atoms with Crippen molar-refractivity contribution in [3.63, 3.8) is 0 Å². The summed E-state index contributed by atoms with van der Waals surface area (Å²) in [5.74, 6) is 1.89. The lowest BCUT2D eigenvalue weighted by Gasteiger charge is -2.44. The molecule has 0 aromatic heterocycles. The molecule has 0 spiro atoms. The van der Waals surface area contributed by atoms with Crippen LogP contribution in [0.4, 0.5) is 0 Å². The monoisotopic (exact) mass is 416 g/mol. The third-order valence-corrected chi connectivity index (χ3v) is 8.62. The maximum absolute atomic E-state index is 10.3. The summed E-state index contributed by atoms with van der Waals surface area (Å²) in [5.41, 5.74) is 3.34. The van der Waals surface area contributed by atoms with Crippen molar-refractivity contribution >= 4 is 0 Å². The van der Waals surface area contributed by atoms with Crippen molar-refractivity contribution in [2.75, 3.05) is 0 Å². The number of aliphatic hydroxyl groups is 3. The zero-order chi connectivity index (χ0) is 22.1. The Labute approximate surface area is 184 Å². The molecule has 0 aliphatic heterocycles. The van der Waals surface area contributed by atoms with Crippen LogP contribution in [0.15, 0.2) is 35.5 Å². The van der Waals surface area contributed by atoms with Gasteiger partial charge < -0.3 is 15.3 Å². The van der Waals surface area contributed by atoms with Gasteiger partial charge in [-0.25, -0.2) is 0 Å². The summed E-state index contributed by atoms with van der Waals surface area (Å²) in [6, 6.07) is 0. The van der Waals surface area contributed by atoms with E-state index in [1.807, 2.05) is 0 Å². The first-order valence-electron chi connectivity index (χ1n) is 12.2. The number of rotatable bonds is 6. The van der Waals surface area contributed by atoms with Crippen molar-refractivity contribution in [1.82, 2.24) is 0 Å². The topological polar surface area (TPSA) is 60.7 Å². The van der Waals surface area contributed by atoms with Gasteiger partial charge >= 0.3 is 0 Å². The quantitative estimate of drug-likeness (QED) is 0.520. The number of fused-ring (bicyclic) bond motifs is 1. The van der Waals surface area contributed by atoms with Gasteiger partial charge in [-0.05, 0) is 107 Å². The Morgan fingerprint density at radius 1 is 1.17 bits per heavy atom. The van der Waals surface area contributed by atoms with Crippen LogP contribution < -0.4 is 0 Å². The normalized spacial score (nSPS) is 37.4. The molecule has 0 aromatic rings. The summed E-state index contributed by atoms with van der Waals surface area (Å²) in [7, 11) is 0. The van der Waals surface area contributed by atoms with E-state index in [0.29, 0.717) is 29.6 Å². The van der Waals surface area contributed by atoms with Crippen LogP contribution in [0.5, 0.6) is 0 Å². The predicted octanol–water partition coefficient (Wildman–Crippen LogP) is 5.70. The molecule has 3 aliphatic carbocycles. The zero-order valence-corrected chi connectivity index (χ0v) is 19.7. The Bertz CT molecular complexity index is 683. The molecule has 3 fully saturated rings. The summed E-state index contributed by atoms with van der Waals surface area (Å²) in [4.78, 5) is 0. The van der Waals surface area contributed by atoms with Crippen molar-refractivity contribution in [1.29, 1.82) is 0 Å². The molecule has 0 heterocycles. The second-order valence-corrected chi connectivity index (χ2v) is 11.3. The molecule has 0 amide bonds. The van der Waals surface area contributed by atoms with Crippen molar-refractivity contribution in [2.45, 2.75) is 110 Å². The van der Waals surface area contributed by atoms with Gasteiger partial charge in [-0.2, -0.15) is 0 Å². The lowest BCUT2D eigenvalue weighted by Crippen LogP contribution is -2.38. The van der Waals surface area contributed by atoms with Gasteiger partial charge in [-0.3, -0.25) is 0 Å².